The van der Waals surface area contributed by atoms with Crippen LogP contribution in [0.3, 0.4) is 0 Å². The zero-order chi connectivity index (χ0) is 24.6. The summed E-state index contributed by atoms with van der Waals surface area (Å²) < 4.78 is 4.82. The van der Waals surface area contributed by atoms with Gasteiger partial charge in [0.1, 0.15) is 5.54 Å². The molecule has 1 aliphatic heterocycles. The summed E-state index contributed by atoms with van der Waals surface area (Å²) in [6.45, 7) is 9.19. The second-order valence-corrected chi connectivity index (χ2v) is 8.87. The van der Waals surface area contributed by atoms with Gasteiger partial charge < -0.3 is 25.6 Å². The molecule has 0 aromatic rings. The molecule has 2 fully saturated rings. The number of rotatable bonds is 10. The smallest absolute Gasteiger partial charge is 0.341 e. The Kier molecular flexibility index (Phi) is 9.52. The molecule has 0 aromatic carbocycles. The first-order valence-electron chi connectivity index (χ1n) is 11.0. The molecule has 0 spiro atoms. The molecule has 9 nitrogen and oxygen atoms in total. The summed E-state index contributed by atoms with van der Waals surface area (Å²) in [7, 11) is 2.94. The molecule has 3 N–H and O–H groups in total. The summed E-state index contributed by atoms with van der Waals surface area (Å²) in [6.07, 6.45) is 5.98. The Morgan fingerprint density at radius 1 is 1.24 bits per heavy atom. The lowest BCUT2D eigenvalue weighted by molar-refractivity contribution is -0.136. The molecule has 0 unspecified atom stereocenters. The van der Waals surface area contributed by atoms with Crippen molar-refractivity contribution in [1.82, 2.24) is 20.9 Å². The fourth-order valence-corrected chi connectivity index (χ4v) is 3.96. The summed E-state index contributed by atoms with van der Waals surface area (Å²) in [5.74, 6) is -0.614. The minimum atomic E-state index is -0.818. The van der Waals surface area contributed by atoms with Crippen molar-refractivity contribution in [2.75, 3.05) is 33.8 Å². The summed E-state index contributed by atoms with van der Waals surface area (Å²) in [6, 6.07) is 0. The largest absolute Gasteiger partial charge is 0.465 e. The first-order chi connectivity index (χ1) is 15.6. The zero-order valence-electron chi connectivity index (χ0n) is 19.8. The number of allylic oxidation sites excluding steroid dienone is 1. The molecule has 1 heterocycles. The highest BCUT2D eigenvalue weighted by Gasteiger charge is 2.51. The fourth-order valence-electron chi connectivity index (χ4n) is 3.75. The quantitative estimate of drug-likeness (QED) is 0.145. The second kappa shape index (κ2) is 11.9. The number of hydrogen-bond donors (Lipinski definition) is 3. The third kappa shape index (κ3) is 7.08. The van der Waals surface area contributed by atoms with Gasteiger partial charge in [0.15, 0.2) is 0 Å². The van der Waals surface area contributed by atoms with Crippen molar-refractivity contribution in [2.45, 2.75) is 45.1 Å². The highest BCUT2D eigenvalue weighted by Crippen LogP contribution is 2.36. The van der Waals surface area contributed by atoms with Crippen LogP contribution in [-0.2, 0) is 19.1 Å². The van der Waals surface area contributed by atoms with Gasteiger partial charge in [0.2, 0.25) is 11.8 Å². The predicted octanol–water partition coefficient (Wildman–Crippen LogP) is 1.81. The van der Waals surface area contributed by atoms with Crippen LogP contribution in [0.2, 0.25) is 0 Å². The Labute approximate surface area is 200 Å². The highest BCUT2D eigenvalue weighted by atomic mass is 35.5. The van der Waals surface area contributed by atoms with Gasteiger partial charge in [-0.3, -0.25) is 14.6 Å². The van der Waals surface area contributed by atoms with Gasteiger partial charge in [-0.1, -0.05) is 18.2 Å². The van der Waals surface area contributed by atoms with E-state index in [2.05, 4.69) is 32.4 Å². The van der Waals surface area contributed by atoms with E-state index in [0.717, 1.165) is 31.6 Å². The Hall–Kier alpha value is -2.81. The monoisotopic (exact) mass is 479 g/mol. The molecule has 1 aliphatic carbocycles. The molecule has 10 heteroatoms. The van der Waals surface area contributed by atoms with E-state index in [4.69, 9.17) is 16.3 Å². The van der Waals surface area contributed by atoms with Crippen molar-refractivity contribution >= 4 is 35.7 Å². The normalized spacial score (nSPS) is 18.9. The summed E-state index contributed by atoms with van der Waals surface area (Å²) in [5, 5.41) is 8.82. The molecule has 0 bridgehead atoms. The van der Waals surface area contributed by atoms with Crippen LogP contribution in [0.1, 0.15) is 39.5 Å². The van der Waals surface area contributed by atoms with Gasteiger partial charge >= 0.3 is 5.97 Å². The van der Waals surface area contributed by atoms with Gasteiger partial charge in [0.25, 0.3) is 0 Å². The van der Waals surface area contributed by atoms with Crippen LogP contribution < -0.4 is 16.0 Å². The number of hydrogen-bond acceptors (Lipinski definition) is 6. The molecule has 182 valence electrons. The minimum absolute atomic E-state index is 0.142. The molecule has 2 aliphatic rings. The zero-order valence-corrected chi connectivity index (χ0v) is 20.6. The molecule has 33 heavy (non-hydrogen) atoms. The van der Waals surface area contributed by atoms with Crippen molar-refractivity contribution in [3.8, 4) is 0 Å². The Morgan fingerprint density at radius 3 is 2.39 bits per heavy atom. The third-order valence-electron chi connectivity index (χ3n) is 6.06. The lowest BCUT2D eigenvalue weighted by Crippen LogP contribution is -2.50. The van der Waals surface area contributed by atoms with Gasteiger partial charge in [-0.2, -0.15) is 0 Å². The number of nitrogens with one attached hydrogen (secondary N) is 3. The van der Waals surface area contributed by atoms with E-state index in [1.165, 1.54) is 13.4 Å². The first-order valence-corrected chi connectivity index (χ1v) is 11.4. The molecule has 1 saturated heterocycles. The fraction of sp³-hybridized carbons (Fsp3) is 0.565. The standard InChI is InChI=1S/C23H34ClN5O4/c1-15(12-26-14-25-4)20(30)28-23(8-9-23)22(32)27-13-18-6-10-29(11-7-18)17(3)19(16(2)24)21(31)33-5/h12,14,18H,2,6-11,13H2,1,3-5H3,(H,25,26)(H,27,32)(H,28,30). The molecule has 2 rings (SSSR count). The maximum atomic E-state index is 12.8. The number of carbonyl (C=O) groups is 3. The Morgan fingerprint density at radius 2 is 1.88 bits per heavy atom. The van der Waals surface area contributed by atoms with Crippen LogP contribution in [0.4, 0.5) is 0 Å². The number of halogens is 1. The molecule has 1 saturated carbocycles. The van der Waals surface area contributed by atoms with Crippen molar-refractivity contribution in [2.24, 2.45) is 10.9 Å². The van der Waals surface area contributed by atoms with Crippen molar-refractivity contribution < 1.29 is 19.1 Å². The van der Waals surface area contributed by atoms with Crippen molar-refractivity contribution in [1.29, 1.82) is 0 Å². The highest BCUT2D eigenvalue weighted by molar-refractivity contribution is 6.34. The SMILES string of the molecule is C=C(Cl)C(C(=O)OC)=C(C)N1CCC(CNC(=O)C2(NC(=O)C(C)=CNC=NC)CC2)CC1. The van der Waals surface area contributed by atoms with Gasteiger partial charge in [0.05, 0.1) is 19.0 Å². The lowest BCUT2D eigenvalue weighted by Gasteiger charge is -2.35. The molecular formula is C23H34ClN5O4. The van der Waals surface area contributed by atoms with Crippen LogP contribution in [-0.4, -0.2) is 68.4 Å². The summed E-state index contributed by atoms with van der Waals surface area (Å²) in [4.78, 5) is 43.0. The Balaban J connectivity index is 1.85. The van der Waals surface area contributed by atoms with Crippen LogP contribution in [0.25, 0.3) is 0 Å². The number of aliphatic imine (C=N–C) groups is 1. The van der Waals surface area contributed by atoms with Crippen LogP contribution in [0, 0.1) is 5.92 Å². The number of amides is 2. The van der Waals surface area contributed by atoms with E-state index in [-0.39, 0.29) is 16.8 Å². The number of nitrogens with zero attached hydrogens (tertiary/aromatic N) is 2. The number of esters is 1. The first kappa shape index (κ1) is 26.4. The predicted molar refractivity (Wildman–Crippen MR) is 128 cm³/mol. The van der Waals surface area contributed by atoms with Crippen LogP contribution in [0.5, 0.6) is 0 Å². The average Bonchev–Trinajstić information content (AvgIpc) is 3.58. The van der Waals surface area contributed by atoms with Crippen LogP contribution in [0.15, 0.2) is 39.6 Å². The maximum Gasteiger partial charge on any atom is 0.341 e. The van der Waals surface area contributed by atoms with Crippen LogP contribution >= 0.6 is 11.6 Å². The second-order valence-electron chi connectivity index (χ2n) is 8.41. The van der Waals surface area contributed by atoms with E-state index in [1.54, 1.807) is 20.2 Å². The topological polar surface area (TPSA) is 112 Å². The van der Waals surface area contributed by atoms with Gasteiger partial charge in [-0.15, -0.1) is 0 Å². The van der Waals surface area contributed by atoms with Crippen molar-refractivity contribution in [3.63, 3.8) is 0 Å². The van der Waals surface area contributed by atoms with Gasteiger partial charge in [-0.05, 0) is 45.4 Å². The van der Waals surface area contributed by atoms with E-state index in [9.17, 15) is 14.4 Å². The summed E-state index contributed by atoms with van der Waals surface area (Å²) >= 11 is 6.01. The minimum Gasteiger partial charge on any atom is -0.465 e. The number of piperidine rings is 1. The lowest BCUT2D eigenvalue weighted by atomic mass is 9.95. The number of ether oxygens (including phenoxy) is 1. The molecule has 0 radical (unpaired) electrons. The van der Waals surface area contributed by atoms with Crippen molar-refractivity contribution in [3.05, 3.63) is 34.7 Å². The molecule has 0 aromatic heterocycles. The van der Waals surface area contributed by atoms with Gasteiger partial charge in [-0.25, -0.2) is 4.79 Å². The summed E-state index contributed by atoms with van der Waals surface area (Å²) in [5.41, 5.74) is 0.683. The average molecular weight is 480 g/mol. The van der Waals surface area contributed by atoms with Gasteiger partial charge in [0, 0.05) is 49.2 Å². The van der Waals surface area contributed by atoms with E-state index < -0.39 is 11.5 Å². The van der Waals surface area contributed by atoms with E-state index >= 15 is 0 Å². The molecule has 0 atom stereocenters. The molecule has 2 amide bonds. The number of carbonyl (C=O) groups excluding carboxylic acids is 3. The Bertz CT molecular complexity index is 868. The molecular weight excluding hydrogens is 446 g/mol. The van der Waals surface area contributed by atoms with E-state index in [1.807, 2.05) is 6.92 Å². The number of likely N-dealkylation sites (tertiary alicyclic amines) is 1. The number of methoxy groups -OCH3 is 1. The maximum absolute atomic E-state index is 12.8. The van der Waals surface area contributed by atoms with E-state index in [0.29, 0.717) is 36.5 Å². The third-order valence-corrected chi connectivity index (χ3v) is 6.25.